The van der Waals surface area contributed by atoms with Crippen molar-refractivity contribution in [3.05, 3.63) is 53.9 Å². The second kappa shape index (κ2) is 6.44. The van der Waals surface area contributed by atoms with E-state index in [0.717, 1.165) is 34.4 Å². The van der Waals surface area contributed by atoms with Crippen LogP contribution in [0.2, 0.25) is 0 Å². The summed E-state index contributed by atoms with van der Waals surface area (Å²) in [5, 5.41) is 9.25. The lowest BCUT2D eigenvalue weighted by atomic mass is 10.0. The number of nitrogens with one attached hydrogen (secondary N) is 1. The maximum absolute atomic E-state index is 9.25. The zero-order chi connectivity index (χ0) is 15.4. The van der Waals surface area contributed by atoms with Crippen LogP contribution in [0, 0.1) is 11.3 Å². The molecule has 3 rings (SSSR count). The molecule has 0 aliphatic rings. The highest BCUT2D eigenvalue weighted by Crippen LogP contribution is 2.26. The van der Waals surface area contributed by atoms with Crippen molar-refractivity contribution in [1.29, 1.82) is 5.26 Å². The molecule has 2 aromatic carbocycles. The van der Waals surface area contributed by atoms with Crippen molar-refractivity contribution in [1.82, 2.24) is 9.97 Å². The van der Waals surface area contributed by atoms with E-state index in [9.17, 15) is 5.26 Å². The third-order valence-electron chi connectivity index (χ3n) is 3.91. The third kappa shape index (κ3) is 2.87. The number of nitrogens with zero attached hydrogens (tertiary/aromatic N) is 2. The average molecular weight is 289 g/mol. The Balaban J connectivity index is 1.94. The number of aryl methyl sites for hydroxylation is 1. The van der Waals surface area contributed by atoms with Gasteiger partial charge in [-0.3, -0.25) is 0 Å². The molecule has 1 N–H and O–H groups in total. The van der Waals surface area contributed by atoms with E-state index in [-0.39, 0.29) is 0 Å². The zero-order valence-electron chi connectivity index (χ0n) is 12.8. The number of fused-ring (bicyclic) bond motifs is 1. The first kappa shape index (κ1) is 14.3. The predicted molar refractivity (Wildman–Crippen MR) is 89.5 cm³/mol. The first-order chi connectivity index (χ1) is 10.8. The van der Waals surface area contributed by atoms with Crippen molar-refractivity contribution in [3.63, 3.8) is 0 Å². The zero-order valence-corrected chi connectivity index (χ0v) is 12.8. The van der Waals surface area contributed by atoms with Crippen molar-refractivity contribution in [2.75, 3.05) is 0 Å². The van der Waals surface area contributed by atoms with E-state index in [1.165, 1.54) is 19.3 Å². The van der Waals surface area contributed by atoms with E-state index in [0.29, 0.717) is 5.56 Å². The van der Waals surface area contributed by atoms with Gasteiger partial charge in [-0.1, -0.05) is 44.0 Å². The van der Waals surface area contributed by atoms with Crippen LogP contribution >= 0.6 is 0 Å². The molecule has 3 heteroatoms. The Kier molecular flexibility index (Phi) is 4.20. The lowest BCUT2D eigenvalue weighted by Gasteiger charge is -2.03. The van der Waals surface area contributed by atoms with E-state index in [1.807, 2.05) is 30.3 Å². The first-order valence-corrected chi connectivity index (χ1v) is 7.80. The number of unbranched alkanes of at least 4 members (excludes halogenated alkanes) is 2. The number of hydrogen-bond donors (Lipinski definition) is 1. The fraction of sp³-hybridized carbons (Fsp3) is 0.263. The molecule has 3 aromatic rings. The summed E-state index contributed by atoms with van der Waals surface area (Å²) < 4.78 is 0. The van der Waals surface area contributed by atoms with Gasteiger partial charge in [-0.15, -0.1) is 0 Å². The molecule has 0 bridgehead atoms. The number of nitriles is 1. The molecule has 1 heterocycles. The number of rotatable bonds is 5. The largest absolute Gasteiger partial charge is 0.342 e. The van der Waals surface area contributed by atoms with Gasteiger partial charge >= 0.3 is 0 Å². The van der Waals surface area contributed by atoms with Crippen LogP contribution < -0.4 is 0 Å². The summed E-state index contributed by atoms with van der Waals surface area (Å²) in [5.41, 5.74) is 4.72. The quantitative estimate of drug-likeness (QED) is 0.684. The predicted octanol–water partition coefficient (Wildman–Crippen LogP) is 4.83. The van der Waals surface area contributed by atoms with Crippen molar-refractivity contribution in [2.24, 2.45) is 0 Å². The molecule has 110 valence electrons. The van der Waals surface area contributed by atoms with E-state index in [4.69, 9.17) is 0 Å². The molecule has 22 heavy (non-hydrogen) atoms. The standard InChI is InChI=1S/C19H19N3/c1-2-3-4-9-19-21-17-11-10-14(12-18(17)22-19)16-8-6-5-7-15(16)13-20/h5-8,10-12H,2-4,9H2,1H3,(H,21,22). The molecule has 1 aromatic heterocycles. The van der Waals surface area contributed by atoms with E-state index < -0.39 is 0 Å². The fourth-order valence-corrected chi connectivity index (χ4v) is 2.72. The van der Waals surface area contributed by atoms with Crippen LogP contribution in [0.4, 0.5) is 0 Å². The summed E-state index contributed by atoms with van der Waals surface area (Å²) in [5.74, 6) is 1.05. The van der Waals surface area contributed by atoms with E-state index >= 15 is 0 Å². The molecule has 0 saturated heterocycles. The van der Waals surface area contributed by atoms with Gasteiger partial charge in [0.05, 0.1) is 22.7 Å². The minimum Gasteiger partial charge on any atom is -0.342 e. The molecular formula is C19H19N3. The number of imidazole rings is 1. The summed E-state index contributed by atoms with van der Waals surface area (Å²) >= 11 is 0. The Morgan fingerprint density at radius 1 is 1.14 bits per heavy atom. The van der Waals surface area contributed by atoms with Gasteiger partial charge < -0.3 is 4.98 Å². The molecule has 0 saturated carbocycles. The summed E-state index contributed by atoms with van der Waals surface area (Å²) in [7, 11) is 0. The highest BCUT2D eigenvalue weighted by Gasteiger charge is 2.07. The number of aromatic nitrogens is 2. The monoisotopic (exact) mass is 289 g/mol. The van der Waals surface area contributed by atoms with Gasteiger partial charge in [0.2, 0.25) is 0 Å². The van der Waals surface area contributed by atoms with E-state index in [1.54, 1.807) is 0 Å². The number of H-pyrrole nitrogens is 1. The Morgan fingerprint density at radius 3 is 2.82 bits per heavy atom. The van der Waals surface area contributed by atoms with Gasteiger partial charge in [-0.2, -0.15) is 5.26 Å². The Hall–Kier alpha value is -2.60. The third-order valence-corrected chi connectivity index (χ3v) is 3.91. The van der Waals surface area contributed by atoms with Crippen LogP contribution in [-0.4, -0.2) is 9.97 Å². The Bertz CT molecular complexity index is 824. The molecule has 0 atom stereocenters. The van der Waals surface area contributed by atoms with Gasteiger partial charge in [0.1, 0.15) is 5.82 Å². The molecule has 3 nitrogen and oxygen atoms in total. The van der Waals surface area contributed by atoms with Crippen molar-refractivity contribution in [2.45, 2.75) is 32.6 Å². The van der Waals surface area contributed by atoms with Crippen molar-refractivity contribution in [3.8, 4) is 17.2 Å². The van der Waals surface area contributed by atoms with Gasteiger partial charge in [0.25, 0.3) is 0 Å². The smallest absolute Gasteiger partial charge is 0.107 e. The Morgan fingerprint density at radius 2 is 2.00 bits per heavy atom. The SMILES string of the molecule is CCCCCc1nc2cc(-c3ccccc3C#N)ccc2[nH]1. The lowest BCUT2D eigenvalue weighted by molar-refractivity contribution is 0.700. The van der Waals surface area contributed by atoms with Crippen LogP contribution in [0.5, 0.6) is 0 Å². The molecule has 0 radical (unpaired) electrons. The van der Waals surface area contributed by atoms with Gasteiger partial charge in [-0.25, -0.2) is 4.98 Å². The summed E-state index contributed by atoms with van der Waals surface area (Å²) in [6.07, 6.45) is 4.61. The number of hydrogen-bond acceptors (Lipinski definition) is 2. The molecule has 0 spiro atoms. The van der Waals surface area contributed by atoms with E-state index in [2.05, 4.69) is 35.1 Å². The Labute approximate surface area is 130 Å². The van der Waals surface area contributed by atoms with Gasteiger partial charge in [0, 0.05) is 6.42 Å². The van der Waals surface area contributed by atoms with Crippen LogP contribution in [0.3, 0.4) is 0 Å². The molecule has 0 fully saturated rings. The van der Waals surface area contributed by atoms with Crippen LogP contribution in [0.15, 0.2) is 42.5 Å². The highest BCUT2D eigenvalue weighted by atomic mass is 14.9. The molecular weight excluding hydrogens is 270 g/mol. The lowest BCUT2D eigenvalue weighted by Crippen LogP contribution is -1.87. The summed E-state index contributed by atoms with van der Waals surface area (Å²) in [6, 6.07) is 16.1. The fourth-order valence-electron chi connectivity index (χ4n) is 2.72. The van der Waals surface area contributed by atoms with Crippen LogP contribution in [0.1, 0.15) is 37.6 Å². The molecule has 0 amide bonds. The van der Waals surface area contributed by atoms with Gasteiger partial charge in [-0.05, 0) is 35.7 Å². The van der Waals surface area contributed by atoms with Gasteiger partial charge in [0.15, 0.2) is 0 Å². The number of aromatic amines is 1. The highest BCUT2D eigenvalue weighted by molar-refractivity contribution is 5.83. The topological polar surface area (TPSA) is 52.5 Å². The van der Waals surface area contributed by atoms with Crippen molar-refractivity contribution >= 4 is 11.0 Å². The normalized spacial score (nSPS) is 10.7. The summed E-state index contributed by atoms with van der Waals surface area (Å²) in [6.45, 7) is 2.21. The maximum atomic E-state index is 9.25. The second-order valence-corrected chi connectivity index (χ2v) is 5.53. The molecule has 0 aliphatic heterocycles. The molecule has 0 unspecified atom stereocenters. The minimum atomic E-state index is 0.695. The first-order valence-electron chi connectivity index (χ1n) is 7.80. The van der Waals surface area contributed by atoms with Crippen LogP contribution in [-0.2, 0) is 6.42 Å². The second-order valence-electron chi connectivity index (χ2n) is 5.53. The average Bonchev–Trinajstić information content (AvgIpc) is 2.96. The van der Waals surface area contributed by atoms with Crippen molar-refractivity contribution < 1.29 is 0 Å². The number of benzene rings is 2. The maximum Gasteiger partial charge on any atom is 0.107 e. The molecule has 0 aliphatic carbocycles. The summed E-state index contributed by atoms with van der Waals surface area (Å²) in [4.78, 5) is 8.07. The minimum absolute atomic E-state index is 0.695. The van der Waals surface area contributed by atoms with Crippen LogP contribution in [0.25, 0.3) is 22.2 Å².